The average molecular weight is 561 g/mol. The number of nitrogens with zero attached hydrogens (tertiary/aromatic N) is 2. The molecule has 11 nitrogen and oxygen atoms in total. The first-order valence-corrected chi connectivity index (χ1v) is 13.3. The molecule has 0 spiro atoms. The number of phosphoric ester groups is 1. The van der Waals surface area contributed by atoms with Gasteiger partial charge in [-0.05, 0) is 30.7 Å². The summed E-state index contributed by atoms with van der Waals surface area (Å²) in [4.78, 5) is 38.3. The molecule has 202 valence electrons. The number of hydrogen-bond acceptors (Lipinski definition) is 9. The molecule has 14 heteroatoms. The van der Waals surface area contributed by atoms with E-state index in [9.17, 15) is 18.9 Å². The molecule has 6 atom stereocenters. The number of hydrogen-bond donors (Lipinski definition) is 0. The number of phosphoric acid groups is 1. The van der Waals surface area contributed by atoms with Gasteiger partial charge in [-0.3, -0.25) is 28.1 Å². The summed E-state index contributed by atoms with van der Waals surface area (Å²) in [7, 11) is -1.30. The summed E-state index contributed by atoms with van der Waals surface area (Å²) in [5, 5.41) is 0.476. The van der Waals surface area contributed by atoms with Crippen LogP contribution in [0.1, 0.15) is 31.4 Å². The van der Waals surface area contributed by atoms with E-state index in [0.717, 1.165) is 29.0 Å². The minimum absolute atomic E-state index is 0.0591. The molecule has 3 aliphatic heterocycles. The third-order valence-electron chi connectivity index (χ3n) is 6.06. The minimum atomic E-state index is -4.13. The zero-order chi connectivity index (χ0) is 27.0. The van der Waals surface area contributed by atoms with Gasteiger partial charge in [-0.1, -0.05) is 23.7 Å². The van der Waals surface area contributed by atoms with Crippen LogP contribution in [0.15, 0.2) is 36.5 Å². The Hall–Kier alpha value is -2.34. The molecule has 2 saturated heterocycles. The molecule has 0 saturated carbocycles. The number of ether oxygens (including phenoxy) is 2. The second kappa shape index (κ2) is 10.8. The van der Waals surface area contributed by atoms with Crippen molar-refractivity contribution in [2.24, 2.45) is 0 Å². The zero-order valence-corrected chi connectivity index (χ0v) is 22.0. The molecule has 3 heterocycles. The van der Waals surface area contributed by atoms with Crippen LogP contribution in [-0.2, 0) is 37.2 Å². The fourth-order valence-corrected chi connectivity index (χ4v) is 5.77. The van der Waals surface area contributed by atoms with Gasteiger partial charge in [-0.25, -0.2) is 13.8 Å². The number of benzene rings is 1. The second-order valence-corrected chi connectivity index (χ2v) is 11.2. The molecule has 0 bridgehead atoms. The summed E-state index contributed by atoms with van der Waals surface area (Å²) in [6, 6.07) is 6.85. The maximum Gasteiger partial charge on any atom is 0.475 e. The van der Waals surface area contributed by atoms with Crippen LogP contribution in [0.2, 0.25) is 5.02 Å². The van der Waals surface area contributed by atoms with Crippen molar-refractivity contribution in [3.63, 3.8) is 0 Å². The number of halogens is 2. The Kier molecular flexibility index (Phi) is 8.08. The molecule has 0 N–H and O–H groups in total. The standard InChI is InChI=1S/C23H27ClFN2O9P/c1-23(25)20(35-22(30)26(2)3)18(34-21(23)27-9-7-16(28)12-19(27)29)13-33-37(31)32-10-8-17(36-37)14-5-4-6-15(24)11-14/h4-7,9,11,17-18,20-21H,8,10,12-13H2,1-3H3/t17-,18+,20+,21+,23+,37+/m0/s1. The Bertz CT molecular complexity index is 1150. The highest BCUT2D eigenvalue weighted by Gasteiger charge is 2.60. The molecule has 0 aliphatic carbocycles. The van der Waals surface area contributed by atoms with Crippen LogP contribution >= 0.6 is 19.4 Å². The highest BCUT2D eigenvalue weighted by atomic mass is 35.5. The van der Waals surface area contributed by atoms with Crippen molar-refractivity contribution in [2.45, 2.75) is 50.0 Å². The van der Waals surface area contributed by atoms with Gasteiger partial charge in [0.05, 0.1) is 25.7 Å². The van der Waals surface area contributed by atoms with Crippen LogP contribution in [0.4, 0.5) is 9.18 Å². The highest BCUT2D eigenvalue weighted by molar-refractivity contribution is 7.48. The molecule has 3 aliphatic rings. The lowest BCUT2D eigenvalue weighted by molar-refractivity contribution is -0.151. The van der Waals surface area contributed by atoms with E-state index in [1.54, 1.807) is 24.3 Å². The van der Waals surface area contributed by atoms with Gasteiger partial charge in [0.1, 0.15) is 6.10 Å². The van der Waals surface area contributed by atoms with Crippen molar-refractivity contribution >= 4 is 37.2 Å². The summed E-state index contributed by atoms with van der Waals surface area (Å²) in [5.41, 5.74) is -1.75. The number of allylic oxidation sites excluding steroid dienone is 1. The van der Waals surface area contributed by atoms with Crippen LogP contribution in [0.5, 0.6) is 0 Å². The van der Waals surface area contributed by atoms with E-state index in [-0.39, 0.29) is 6.61 Å². The van der Waals surface area contributed by atoms with Crippen LogP contribution in [-0.4, -0.2) is 79.0 Å². The maximum absolute atomic E-state index is 16.1. The number of ketones is 1. The molecule has 2 fully saturated rings. The summed E-state index contributed by atoms with van der Waals surface area (Å²) >= 11 is 6.05. The largest absolute Gasteiger partial charge is 0.475 e. The van der Waals surface area contributed by atoms with Gasteiger partial charge in [-0.15, -0.1) is 0 Å². The van der Waals surface area contributed by atoms with Gasteiger partial charge in [0.2, 0.25) is 5.91 Å². The topological polar surface area (TPSA) is 121 Å². The van der Waals surface area contributed by atoms with Gasteiger partial charge in [0, 0.05) is 31.7 Å². The van der Waals surface area contributed by atoms with Crippen molar-refractivity contribution in [1.82, 2.24) is 9.80 Å². The number of carbonyl (C=O) groups is 3. The van der Waals surface area contributed by atoms with Crippen LogP contribution in [0.3, 0.4) is 0 Å². The first-order chi connectivity index (χ1) is 17.4. The Morgan fingerprint density at radius 1 is 1.35 bits per heavy atom. The predicted octanol–water partition coefficient (Wildman–Crippen LogP) is 3.78. The minimum Gasteiger partial charge on any atom is -0.440 e. The van der Waals surface area contributed by atoms with Gasteiger partial charge < -0.3 is 14.4 Å². The number of amides is 2. The fourth-order valence-electron chi connectivity index (χ4n) is 4.18. The fraction of sp³-hybridized carbons (Fsp3) is 0.522. The van der Waals surface area contributed by atoms with E-state index in [1.165, 1.54) is 14.1 Å². The Morgan fingerprint density at radius 2 is 2.11 bits per heavy atom. The van der Waals surface area contributed by atoms with Gasteiger partial charge in [-0.2, -0.15) is 0 Å². The van der Waals surface area contributed by atoms with Crippen molar-refractivity contribution in [1.29, 1.82) is 0 Å². The maximum atomic E-state index is 16.1. The lowest BCUT2D eigenvalue weighted by atomic mass is 9.97. The summed E-state index contributed by atoms with van der Waals surface area (Å²) in [5.74, 6) is -1.12. The van der Waals surface area contributed by atoms with Crippen molar-refractivity contribution in [3.05, 3.63) is 47.1 Å². The Labute approximate surface area is 218 Å². The molecular weight excluding hydrogens is 534 g/mol. The van der Waals surface area contributed by atoms with Crippen molar-refractivity contribution in [2.75, 3.05) is 27.3 Å². The van der Waals surface area contributed by atoms with E-state index in [4.69, 9.17) is 34.6 Å². The molecule has 2 amide bonds. The van der Waals surface area contributed by atoms with E-state index in [1.807, 2.05) is 0 Å². The summed E-state index contributed by atoms with van der Waals surface area (Å²) in [6.45, 7) is 0.614. The van der Waals surface area contributed by atoms with Gasteiger partial charge >= 0.3 is 13.9 Å². The zero-order valence-electron chi connectivity index (χ0n) is 20.4. The molecule has 0 unspecified atom stereocenters. The number of carbonyl (C=O) groups excluding carboxylic acids is 3. The van der Waals surface area contributed by atoms with Gasteiger partial charge in [0.15, 0.2) is 23.8 Å². The predicted molar refractivity (Wildman–Crippen MR) is 127 cm³/mol. The second-order valence-electron chi connectivity index (χ2n) is 9.15. The SMILES string of the molecule is CN(C)C(=O)O[C@@H]1[C@@H](CO[P@@]2(=O)OCC[C@@H](c3cccc(Cl)c3)O2)O[C@@H](N2C=CC(=O)CC2=O)[C@]1(C)F. The molecular formula is C23H27ClFN2O9P. The van der Waals surface area contributed by atoms with E-state index < -0.39 is 68.8 Å². The van der Waals surface area contributed by atoms with Crippen LogP contribution < -0.4 is 0 Å². The van der Waals surface area contributed by atoms with Crippen LogP contribution in [0, 0.1) is 0 Å². The first kappa shape index (κ1) is 27.7. The molecule has 37 heavy (non-hydrogen) atoms. The smallest absolute Gasteiger partial charge is 0.440 e. The van der Waals surface area contributed by atoms with Crippen molar-refractivity contribution in [3.8, 4) is 0 Å². The highest BCUT2D eigenvalue weighted by Crippen LogP contribution is 2.57. The quantitative estimate of drug-likeness (QED) is 0.378. The molecule has 4 rings (SSSR count). The van der Waals surface area contributed by atoms with E-state index >= 15 is 4.39 Å². The average Bonchev–Trinajstić information content (AvgIpc) is 3.07. The van der Waals surface area contributed by atoms with E-state index in [2.05, 4.69) is 0 Å². The van der Waals surface area contributed by atoms with Crippen molar-refractivity contribution < 1.29 is 46.4 Å². The molecule has 1 aromatic rings. The summed E-state index contributed by atoms with van der Waals surface area (Å²) < 4.78 is 56.9. The normalized spacial score (nSPS) is 34.0. The molecule has 0 radical (unpaired) electrons. The third-order valence-corrected chi connectivity index (χ3v) is 7.78. The van der Waals surface area contributed by atoms with Crippen LogP contribution in [0.25, 0.3) is 0 Å². The van der Waals surface area contributed by atoms with Gasteiger partial charge in [0.25, 0.3) is 0 Å². The first-order valence-electron chi connectivity index (χ1n) is 11.5. The number of alkyl halides is 1. The molecule has 0 aromatic heterocycles. The Balaban J connectivity index is 1.52. The lowest BCUT2D eigenvalue weighted by Gasteiger charge is -2.34. The monoisotopic (exact) mass is 560 g/mol. The number of rotatable bonds is 6. The third kappa shape index (κ3) is 6.05. The Morgan fingerprint density at radius 3 is 2.78 bits per heavy atom. The summed E-state index contributed by atoms with van der Waals surface area (Å²) in [6.07, 6.45) is -3.72. The molecule has 1 aromatic carbocycles. The lowest BCUT2D eigenvalue weighted by Crippen LogP contribution is -2.53. The van der Waals surface area contributed by atoms with E-state index in [0.29, 0.717) is 17.0 Å².